The van der Waals surface area contributed by atoms with Crippen LogP contribution < -0.4 is 5.32 Å². The van der Waals surface area contributed by atoms with E-state index >= 15 is 0 Å². The van der Waals surface area contributed by atoms with E-state index < -0.39 is 0 Å². The maximum Gasteiger partial charge on any atom is 0.273 e. The molecule has 0 saturated carbocycles. The van der Waals surface area contributed by atoms with Crippen molar-refractivity contribution in [2.45, 2.75) is 25.8 Å². The average molecular weight is 377 g/mol. The highest BCUT2D eigenvalue weighted by atomic mass is 79.9. The number of halogens is 1. The van der Waals surface area contributed by atoms with E-state index in [1.807, 2.05) is 35.2 Å². The number of carbonyl (C=O) groups is 1. The van der Waals surface area contributed by atoms with Gasteiger partial charge in [-0.1, -0.05) is 37.3 Å². The SMILES string of the molecule is CCCN(C(=O)c1[nH]nc(-c2ccccc2)c1Br)C1CCNC1. The standard InChI is InChI=1S/C17H21BrN4O/c1-2-10-22(13-8-9-19-11-13)17(23)16-14(18)15(20-21-16)12-6-4-3-5-7-12/h3-7,13,19H,2,8-11H2,1H3,(H,20,21). The van der Waals surface area contributed by atoms with Crippen LogP contribution in [0.1, 0.15) is 30.3 Å². The Hall–Kier alpha value is -1.66. The predicted octanol–water partition coefficient (Wildman–Crippen LogP) is 3.05. The third-order valence-corrected chi connectivity index (χ3v) is 4.94. The van der Waals surface area contributed by atoms with Crippen LogP contribution in [0.3, 0.4) is 0 Å². The third-order valence-electron chi connectivity index (χ3n) is 4.17. The first-order valence-corrected chi connectivity index (χ1v) is 8.82. The molecule has 1 fully saturated rings. The van der Waals surface area contributed by atoms with E-state index in [0.29, 0.717) is 5.69 Å². The number of hydrogen-bond donors (Lipinski definition) is 2. The van der Waals surface area contributed by atoms with Gasteiger partial charge in [0.05, 0.1) is 4.47 Å². The molecule has 1 aliphatic heterocycles. The highest BCUT2D eigenvalue weighted by molar-refractivity contribution is 9.10. The van der Waals surface area contributed by atoms with Gasteiger partial charge in [0.15, 0.2) is 0 Å². The molecule has 2 N–H and O–H groups in total. The summed E-state index contributed by atoms with van der Waals surface area (Å²) in [6, 6.07) is 10.1. The summed E-state index contributed by atoms with van der Waals surface area (Å²) < 4.78 is 0.737. The smallest absolute Gasteiger partial charge is 0.273 e. The minimum atomic E-state index is 0.0158. The van der Waals surface area contributed by atoms with Crippen molar-refractivity contribution in [3.8, 4) is 11.3 Å². The van der Waals surface area contributed by atoms with Crippen molar-refractivity contribution in [2.75, 3.05) is 19.6 Å². The van der Waals surface area contributed by atoms with E-state index in [-0.39, 0.29) is 11.9 Å². The number of aromatic nitrogens is 2. The topological polar surface area (TPSA) is 61.0 Å². The van der Waals surface area contributed by atoms with Crippen LogP contribution in [0.2, 0.25) is 0 Å². The third kappa shape index (κ3) is 3.33. The number of nitrogens with one attached hydrogen (secondary N) is 2. The summed E-state index contributed by atoms with van der Waals surface area (Å²) in [5.41, 5.74) is 2.29. The van der Waals surface area contributed by atoms with Crippen molar-refractivity contribution in [3.63, 3.8) is 0 Å². The molecule has 1 atom stereocenters. The lowest BCUT2D eigenvalue weighted by atomic mass is 10.1. The fourth-order valence-corrected chi connectivity index (χ4v) is 3.57. The average Bonchev–Trinajstić information content (AvgIpc) is 3.22. The first-order chi connectivity index (χ1) is 11.2. The summed E-state index contributed by atoms with van der Waals surface area (Å²) in [4.78, 5) is 14.9. The monoisotopic (exact) mass is 376 g/mol. The van der Waals surface area contributed by atoms with E-state index in [2.05, 4.69) is 38.4 Å². The maximum atomic E-state index is 13.0. The zero-order valence-corrected chi connectivity index (χ0v) is 14.8. The molecule has 0 spiro atoms. The van der Waals surface area contributed by atoms with Gasteiger partial charge in [-0.2, -0.15) is 5.10 Å². The molecule has 122 valence electrons. The summed E-state index contributed by atoms with van der Waals surface area (Å²) >= 11 is 3.56. The van der Waals surface area contributed by atoms with Gasteiger partial charge in [0.2, 0.25) is 0 Å². The van der Waals surface area contributed by atoms with Crippen LogP contribution in [0.4, 0.5) is 0 Å². The van der Waals surface area contributed by atoms with Gasteiger partial charge < -0.3 is 10.2 Å². The zero-order valence-electron chi connectivity index (χ0n) is 13.2. The molecular weight excluding hydrogens is 356 g/mol. The molecule has 6 heteroatoms. The molecule has 1 aromatic heterocycles. The molecule has 1 unspecified atom stereocenters. The Morgan fingerprint density at radius 1 is 1.39 bits per heavy atom. The molecule has 5 nitrogen and oxygen atoms in total. The van der Waals surface area contributed by atoms with Crippen LogP contribution in [0, 0.1) is 0 Å². The van der Waals surface area contributed by atoms with Crippen LogP contribution in [-0.2, 0) is 0 Å². The van der Waals surface area contributed by atoms with Gasteiger partial charge in [-0.25, -0.2) is 0 Å². The van der Waals surface area contributed by atoms with Crippen molar-refractivity contribution in [1.29, 1.82) is 0 Å². The van der Waals surface area contributed by atoms with Crippen molar-refractivity contribution in [1.82, 2.24) is 20.4 Å². The second kappa shape index (κ2) is 7.27. The van der Waals surface area contributed by atoms with Crippen LogP contribution in [0.15, 0.2) is 34.8 Å². The Kier molecular flexibility index (Phi) is 5.13. The Bertz CT molecular complexity index is 664. The van der Waals surface area contributed by atoms with Crippen LogP contribution in [0.5, 0.6) is 0 Å². The summed E-state index contributed by atoms with van der Waals surface area (Å²) in [5, 5.41) is 10.6. The second-order valence-corrected chi connectivity index (χ2v) is 6.57. The lowest BCUT2D eigenvalue weighted by molar-refractivity contribution is 0.0685. The molecule has 1 amide bonds. The summed E-state index contributed by atoms with van der Waals surface area (Å²) in [6.45, 7) is 4.69. The Morgan fingerprint density at radius 3 is 2.83 bits per heavy atom. The Balaban J connectivity index is 1.88. The number of benzene rings is 1. The molecule has 23 heavy (non-hydrogen) atoms. The molecule has 0 bridgehead atoms. The van der Waals surface area contributed by atoms with Crippen molar-refractivity contribution in [3.05, 3.63) is 40.5 Å². The van der Waals surface area contributed by atoms with Gasteiger partial charge in [0, 0.05) is 24.7 Å². The molecule has 0 aliphatic carbocycles. The number of H-pyrrole nitrogens is 1. The lowest BCUT2D eigenvalue weighted by Gasteiger charge is -2.27. The van der Waals surface area contributed by atoms with E-state index in [1.165, 1.54) is 0 Å². The largest absolute Gasteiger partial charge is 0.333 e. The Labute approximate surface area is 144 Å². The van der Waals surface area contributed by atoms with Gasteiger partial charge in [-0.3, -0.25) is 9.89 Å². The van der Waals surface area contributed by atoms with Crippen molar-refractivity contribution in [2.24, 2.45) is 0 Å². The molecule has 1 aromatic carbocycles. The van der Waals surface area contributed by atoms with E-state index in [1.54, 1.807) is 0 Å². The lowest BCUT2D eigenvalue weighted by Crippen LogP contribution is -2.42. The van der Waals surface area contributed by atoms with E-state index in [4.69, 9.17) is 0 Å². The zero-order chi connectivity index (χ0) is 16.2. The molecule has 2 aromatic rings. The fraction of sp³-hybridized carbons (Fsp3) is 0.412. The molecule has 3 rings (SSSR count). The highest BCUT2D eigenvalue weighted by Gasteiger charge is 2.29. The van der Waals surface area contributed by atoms with Gasteiger partial charge in [-0.05, 0) is 35.3 Å². The molecule has 0 radical (unpaired) electrons. The fourth-order valence-electron chi connectivity index (χ4n) is 3.00. The molecule has 2 heterocycles. The van der Waals surface area contributed by atoms with Crippen molar-refractivity contribution < 1.29 is 4.79 Å². The summed E-state index contributed by atoms with van der Waals surface area (Å²) in [5.74, 6) is 0.0158. The van der Waals surface area contributed by atoms with Gasteiger partial charge in [0.1, 0.15) is 11.4 Å². The predicted molar refractivity (Wildman–Crippen MR) is 94.3 cm³/mol. The van der Waals surface area contributed by atoms with E-state index in [9.17, 15) is 4.79 Å². The van der Waals surface area contributed by atoms with Crippen LogP contribution >= 0.6 is 15.9 Å². The van der Waals surface area contributed by atoms with Crippen LogP contribution in [-0.4, -0.2) is 46.7 Å². The normalized spacial score (nSPS) is 17.4. The van der Waals surface area contributed by atoms with Gasteiger partial charge in [0.25, 0.3) is 5.91 Å². The second-order valence-electron chi connectivity index (χ2n) is 5.77. The number of rotatable bonds is 5. The minimum Gasteiger partial charge on any atom is -0.333 e. The van der Waals surface area contributed by atoms with Crippen molar-refractivity contribution >= 4 is 21.8 Å². The molecule has 1 aliphatic rings. The maximum absolute atomic E-state index is 13.0. The molecular formula is C17H21BrN4O. The number of amides is 1. The quantitative estimate of drug-likeness (QED) is 0.842. The highest BCUT2D eigenvalue weighted by Crippen LogP contribution is 2.30. The Morgan fingerprint density at radius 2 is 2.17 bits per heavy atom. The first-order valence-electron chi connectivity index (χ1n) is 8.03. The summed E-state index contributed by atoms with van der Waals surface area (Å²) in [6.07, 6.45) is 1.95. The van der Waals surface area contributed by atoms with Gasteiger partial charge in [-0.15, -0.1) is 0 Å². The number of carbonyl (C=O) groups excluding carboxylic acids is 1. The minimum absolute atomic E-state index is 0.0158. The number of aromatic amines is 1. The number of nitrogens with zero attached hydrogens (tertiary/aromatic N) is 2. The first kappa shape index (κ1) is 16.2. The van der Waals surface area contributed by atoms with Crippen LogP contribution in [0.25, 0.3) is 11.3 Å². The van der Waals surface area contributed by atoms with E-state index in [0.717, 1.165) is 48.2 Å². The number of hydrogen-bond acceptors (Lipinski definition) is 3. The van der Waals surface area contributed by atoms with Gasteiger partial charge >= 0.3 is 0 Å². The summed E-state index contributed by atoms with van der Waals surface area (Å²) in [7, 11) is 0. The molecule has 1 saturated heterocycles.